The lowest BCUT2D eigenvalue weighted by Gasteiger charge is -2.31. The van der Waals surface area contributed by atoms with Crippen molar-refractivity contribution in [2.24, 2.45) is 5.92 Å². The highest BCUT2D eigenvalue weighted by Gasteiger charge is 2.20. The summed E-state index contributed by atoms with van der Waals surface area (Å²) in [6, 6.07) is 16.2. The number of ether oxygens (including phenoxy) is 1. The van der Waals surface area contributed by atoms with Crippen molar-refractivity contribution in [2.45, 2.75) is 25.9 Å². The van der Waals surface area contributed by atoms with Crippen molar-refractivity contribution in [1.82, 2.24) is 15.2 Å². The zero-order chi connectivity index (χ0) is 18.5. The summed E-state index contributed by atoms with van der Waals surface area (Å²) in [5, 5.41) is 3.60. The Labute approximate surface area is 160 Å². The summed E-state index contributed by atoms with van der Waals surface area (Å²) in [4.78, 5) is 7.04. The Morgan fingerprint density at radius 1 is 1.11 bits per heavy atom. The van der Waals surface area contributed by atoms with E-state index in [1.165, 1.54) is 18.4 Å². The van der Waals surface area contributed by atoms with Gasteiger partial charge in [-0.3, -0.25) is 4.90 Å². The molecule has 0 atom stereocenters. The Kier molecular flexibility index (Phi) is 5.70. The predicted octanol–water partition coefficient (Wildman–Crippen LogP) is 3.84. The molecule has 5 heteroatoms. The molecule has 0 saturated carbocycles. The quantitative estimate of drug-likeness (QED) is 0.689. The Hall–Kier alpha value is -2.37. The van der Waals surface area contributed by atoms with Gasteiger partial charge in [0.1, 0.15) is 11.3 Å². The van der Waals surface area contributed by atoms with Crippen LogP contribution in [0.25, 0.3) is 11.1 Å². The first-order valence-electron chi connectivity index (χ1n) is 9.70. The molecule has 4 rings (SSSR count). The average Bonchev–Trinajstić information content (AvgIpc) is 3.12. The monoisotopic (exact) mass is 365 g/mol. The van der Waals surface area contributed by atoms with Gasteiger partial charge >= 0.3 is 0 Å². The molecule has 0 spiro atoms. The lowest BCUT2D eigenvalue weighted by molar-refractivity contribution is 0.163. The first-order valence-corrected chi connectivity index (χ1v) is 9.70. The summed E-state index contributed by atoms with van der Waals surface area (Å²) in [5.41, 5.74) is 3.12. The number of fused-ring (bicyclic) bond motifs is 1. The molecule has 0 radical (unpaired) electrons. The maximum absolute atomic E-state index is 5.85. The molecular weight excluding hydrogens is 338 g/mol. The summed E-state index contributed by atoms with van der Waals surface area (Å²) in [7, 11) is 1.70. The van der Waals surface area contributed by atoms with Gasteiger partial charge < -0.3 is 14.5 Å². The number of nitrogens with one attached hydrogen (secondary N) is 1. The lowest BCUT2D eigenvalue weighted by atomic mass is 9.96. The van der Waals surface area contributed by atoms with E-state index >= 15 is 0 Å². The highest BCUT2D eigenvalue weighted by atomic mass is 16.5. The van der Waals surface area contributed by atoms with Gasteiger partial charge in [0.2, 0.25) is 5.89 Å². The van der Waals surface area contributed by atoms with E-state index < -0.39 is 0 Å². The van der Waals surface area contributed by atoms with Gasteiger partial charge in [-0.1, -0.05) is 24.3 Å². The van der Waals surface area contributed by atoms with Crippen LogP contribution in [0.2, 0.25) is 0 Å². The molecule has 3 aromatic rings. The molecule has 0 bridgehead atoms. The molecule has 0 aliphatic carbocycles. The van der Waals surface area contributed by atoms with Crippen molar-refractivity contribution in [2.75, 3.05) is 26.7 Å². The van der Waals surface area contributed by atoms with Gasteiger partial charge in [0.05, 0.1) is 13.7 Å². The number of methoxy groups -OCH3 is 1. The minimum atomic E-state index is 0.739. The largest absolute Gasteiger partial charge is 0.497 e. The van der Waals surface area contributed by atoms with Gasteiger partial charge in [-0.2, -0.15) is 0 Å². The van der Waals surface area contributed by atoms with Gasteiger partial charge in [-0.05, 0) is 68.2 Å². The number of oxazole rings is 1. The minimum Gasteiger partial charge on any atom is -0.497 e. The van der Waals surface area contributed by atoms with Crippen LogP contribution in [0.3, 0.4) is 0 Å². The second kappa shape index (κ2) is 8.55. The van der Waals surface area contributed by atoms with E-state index in [9.17, 15) is 0 Å². The van der Waals surface area contributed by atoms with Crippen LogP contribution in [0.5, 0.6) is 5.75 Å². The third-order valence-electron chi connectivity index (χ3n) is 5.33. The first kappa shape index (κ1) is 18.0. The van der Waals surface area contributed by atoms with Gasteiger partial charge in [0.15, 0.2) is 5.58 Å². The van der Waals surface area contributed by atoms with Crippen LogP contribution in [-0.2, 0) is 13.1 Å². The number of benzene rings is 2. The summed E-state index contributed by atoms with van der Waals surface area (Å²) >= 11 is 0. The molecule has 1 N–H and O–H groups in total. The molecule has 2 heterocycles. The molecule has 0 amide bonds. The second-order valence-corrected chi connectivity index (χ2v) is 7.27. The Bertz CT molecular complexity index is 818. The van der Waals surface area contributed by atoms with E-state index in [0.717, 1.165) is 61.4 Å². The van der Waals surface area contributed by atoms with E-state index in [4.69, 9.17) is 9.15 Å². The molecule has 2 aromatic carbocycles. The van der Waals surface area contributed by atoms with Crippen LogP contribution < -0.4 is 10.1 Å². The molecule has 1 aromatic heterocycles. The number of nitrogens with zero attached hydrogens (tertiary/aromatic N) is 2. The lowest BCUT2D eigenvalue weighted by Crippen LogP contribution is -2.36. The van der Waals surface area contributed by atoms with E-state index in [-0.39, 0.29) is 0 Å². The summed E-state index contributed by atoms with van der Waals surface area (Å²) in [6.45, 7) is 5.00. The fourth-order valence-electron chi connectivity index (χ4n) is 3.69. The molecule has 1 aliphatic heterocycles. The molecule has 0 unspecified atom stereocenters. The topological polar surface area (TPSA) is 50.5 Å². The number of rotatable bonds is 7. The molecule has 5 nitrogen and oxygen atoms in total. The van der Waals surface area contributed by atoms with Gasteiger partial charge in [-0.15, -0.1) is 0 Å². The highest BCUT2D eigenvalue weighted by molar-refractivity contribution is 5.72. The minimum absolute atomic E-state index is 0.739. The molecule has 142 valence electrons. The molecule has 1 aliphatic rings. The van der Waals surface area contributed by atoms with E-state index in [2.05, 4.69) is 27.3 Å². The predicted molar refractivity (Wildman–Crippen MR) is 107 cm³/mol. The van der Waals surface area contributed by atoms with Crippen LogP contribution in [-0.4, -0.2) is 36.6 Å². The third-order valence-corrected chi connectivity index (χ3v) is 5.33. The van der Waals surface area contributed by atoms with Crippen LogP contribution in [0.15, 0.2) is 52.9 Å². The van der Waals surface area contributed by atoms with Crippen molar-refractivity contribution < 1.29 is 9.15 Å². The standard InChI is InChI=1S/C22H27N3O2/c1-26-19-8-6-17(7-9-19)14-23-15-18-10-12-25(13-11-18)16-22-24-20-4-2-3-5-21(20)27-22/h2-9,18,23H,10-16H2,1H3. The van der Waals surface area contributed by atoms with Gasteiger partial charge in [0.25, 0.3) is 0 Å². The maximum Gasteiger partial charge on any atom is 0.209 e. The van der Waals surface area contributed by atoms with Crippen molar-refractivity contribution in [3.63, 3.8) is 0 Å². The molecular formula is C22H27N3O2. The SMILES string of the molecule is COc1ccc(CNCC2CCN(Cc3nc4ccccc4o3)CC2)cc1. The smallest absolute Gasteiger partial charge is 0.209 e. The summed E-state index contributed by atoms with van der Waals surface area (Å²) < 4.78 is 11.1. The molecule has 1 saturated heterocycles. The van der Waals surface area contributed by atoms with E-state index in [1.807, 2.05) is 36.4 Å². The van der Waals surface area contributed by atoms with Crippen molar-refractivity contribution in [3.8, 4) is 5.75 Å². The van der Waals surface area contributed by atoms with Crippen LogP contribution in [0.4, 0.5) is 0 Å². The van der Waals surface area contributed by atoms with Crippen LogP contribution in [0, 0.1) is 5.92 Å². The Balaban J connectivity index is 1.19. The van der Waals surface area contributed by atoms with E-state index in [0.29, 0.717) is 0 Å². The van der Waals surface area contributed by atoms with Crippen molar-refractivity contribution in [3.05, 3.63) is 60.0 Å². The van der Waals surface area contributed by atoms with E-state index in [1.54, 1.807) is 7.11 Å². The third kappa shape index (κ3) is 4.67. The number of likely N-dealkylation sites (tertiary alicyclic amines) is 1. The molecule has 1 fully saturated rings. The normalized spacial score (nSPS) is 16.0. The van der Waals surface area contributed by atoms with Gasteiger partial charge in [-0.25, -0.2) is 4.98 Å². The maximum atomic E-state index is 5.85. The fraction of sp³-hybridized carbons (Fsp3) is 0.409. The zero-order valence-electron chi connectivity index (χ0n) is 15.9. The number of hydrogen-bond donors (Lipinski definition) is 1. The van der Waals surface area contributed by atoms with Crippen LogP contribution in [0.1, 0.15) is 24.3 Å². The number of hydrogen-bond acceptors (Lipinski definition) is 5. The Morgan fingerprint density at radius 2 is 1.89 bits per heavy atom. The number of para-hydroxylation sites is 2. The van der Waals surface area contributed by atoms with Crippen LogP contribution >= 0.6 is 0 Å². The van der Waals surface area contributed by atoms with Gasteiger partial charge in [0, 0.05) is 6.54 Å². The fourth-order valence-corrected chi connectivity index (χ4v) is 3.69. The second-order valence-electron chi connectivity index (χ2n) is 7.27. The van der Waals surface area contributed by atoms with Crippen molar-refractivity contribution in [1.29, 1.82) is 0 Å². The first-order chi connectivity index (χ1) is 13.3. The zero-order valence-corrected chi connectivity index (χ0v) is 15.9. The average molecular weight is 365 g/mol. The molecule has 27 heavy (non-hydrogen) atoms. The Morgan fingerprint density at radius 3 is 2.63 bits per heavy atom. The van der Waals surface area contributed by atoms with Crippen molar-refractivity contribution >= 4 is 11.1 Å². The highest BCUT2D eigenvalue weighted by Crippen LogP contribution is 2.21. The summed E-state index contributed by atoms with van der Waals surface area (Å²) in [5.74, 6) is 2.47. The summed E-state index contributed by atoms with van der Waals surface area (Å²) in [6.07, 6.45) is 2.44. The number of aromatic nitrogens is 1. The number of piperidine rings is 1.